The average Bonchev–Trinajstić information content (AvgIpc) is 2.47. The number of rotatable bonds is 8. The van der Waals surface area contributed by atoms with E-state index in [4.69, 9.17) is 19.3 Å². The minimum Gasteiger partial charge on any atom is -0.493 e. The second-order valence-corrected chi connectivity index (χ2v) is 4.05. The molecule has 1 N–H and O–H groups in total. The van der Waals surface area contributed by atoms with Crippen LogP contribution in [0.2, 0.25) is 0 Å². The van der Waals surface area contributed by atoms with Crippen molar-refractivity contribution >= 4 is 11.9 Å². The molecule has 21 heavy (non-hydrogen) atoms. The number of ether oxygens (including phenoxy) is 3. The lowest BCUT2D eigenvalue weighted by Gasteiger charge is -2.13. The summed E-state index contributed by atoms with van der Waals surface area (Å²) < 4.78 is 15.3. The Balaban J connectivity index is 3.14. The van der Waals surface area contributed by atoms with E-state index in [1.807, 2.05) is 0 Å². The molecule has 116 valence electrons. The number of carbonyl (C=O) groups is 2. The van der Waals surface area contributed by atoms with Crippen molar-refractivity contribution in [3.05, 3.63) is 29.3 Å². The number of hydrogen-bond donors (Lipinski definition) is 1. The monoisotopic (exact) mass is 296 g/mol. The van der Waals surface area contributed by atoms with Gasteiger partial charge in [0.2, 0.25) is 0 Å². The topological polar surface area (TPSA) is 82.1 Å². The molecule has 0 aliphatic rings. The van der Waals surface area contributed by atoms with E-state index in [1.165, 1.54) is 6.07 Å². The second kappa shape index (κ2) is 8.97. The van der Waals surface area contributed by atoms with Gasteiger partial charge in [-0.15, -0.1) is 0 Å². The number of aliphatic hydroxyl groups is 1. The molecule has 1 aromatic rings. The largest absolute Gasteiger partial charge is 0.493 e. The lowest BCUT2D eigenvalue weighted by molar-refractivity contribution is 0.0474. The summed E-state index contributed by atoms with van der Waals surface area (Å²) in [4.78, 5) is 24.0. The van der Waals surface area contributed by atoms with E-state index < -0.39 is 11.9 Å². The number of benzene rings is 1. The van der Waals surface area contributed by atoms with Crippen molar-refractivity contribution in [3.8, 4) is 5.75 Å². The first-order chi connectivity index (χ1) is 10.2. The third kappa shape index (κ3) is 4.75. The highest BCUT2D eigenvalue weighted by molar-refractivity contribution is 6.05. The molecule has 1 rings (SSSR count). The second-order valence-electron chi connectivity index (χ2n) is 4.05. The number of esters is 2. The maximum atomic E-state index is 12.1. The molecular formula is C15H20O6. The molecule has 0 fully saturated rings. The van der Waals surface area contributed by atoms with Gasteiger partial charge in [-0.05, 0) is 26.0 Å². The normalized spacial score (nSPS) is 10.0. The smallest absolute Gasteiger partial charge is 0.342 e. The van der Waals surface area contributed by atoms with Crippen LogP contribution >= 0.6 is 0 Å². The van der Waals surface area contributed by atoms with E-state index in [0.717, 1.165) is 0 Å². The molecule has 0 saturated heterocycles. The van der Waals surface area contributed by atoms with Crippen LogP contribution in [0.3, 0.4) is 0 Å². The Morgan fingerprint density at radius 2 is 1.76 bits per heavy atom. The molecule has 0 aromatic heterocycles. The first kappa shape index (κ1) is 17.0. The standard InChI is InChI=1S/C15H20O6/c1-3-19-14(17)11-7-5-8-12(21-10-6-9-16)13(11)15(18)20-4-2/h5,7-8,16H,3-4,6,9-10H2,1-2H3. The van der Waals surface area contributed by atoms with Crippen molar-refractivity contribution in [2.24, 2.45) is 0 Å². The molecule has 0 atom stereocenters. The SMILES string of the molecule is CCOC(=O)c1cccc(OCCCO)c1C(=O)OCC. The maximum Gasteiger partial charge on any atom is 0.342 e. The zero-order chi connectivity index (χ0) is 15.7. The quantitative estimate of drug-likeness (QED) is 0.582. The molecule has 0 bridgehead atoms. The fourth-order valence-corrected chi connectivity index (χ4v) is 1.69. The summed E-state index contributed by atoms with van der Waals surface area (Å²) >= 11 is 0. The zero-order valence-corrected chi connectivity index (χ0v) is 12.3. The van der Waals surface area contributed by atoms with Crippen LogP contribution in [0.5, 0.6) is 5.75 Å². The van der Waals surface area contributed by atoms with Gasteiger partial charge in [-0.25, -0.2) is 9.59 Å². The predicted octanol–water partition coefficient (Wildman–Crippen LogP) is 1.80. The van der Waals surface area contributed by atoms with Crippen LogP contribution in [0.25, 0.3) is 0 Å². The van der Waals surface area contributed by atoms with Gasteiger partial charge >= 0.3 is 11.9 Å². The van der Waals surface area contributed by atoms with Gasteiger partial charge in [0.25, 0.3) is 0 Å². The van der Waals surface area contributed by atoms with Crippen molar-refractivity contribution in [2.75, 3.05) is 26.4 Å². The first-order valence-electron chi connectivity index (χ1n) is 6.86. The maximum absolute atomic E-state index is 12.1. The van der Waals surface area contributed by atoms with Crippen molar-refractivity contribution in [2.45, 2.75) is 20.3 Å². The van der Waals surface area contributed by atoms with Gasteiger partial charge in [-0.1, -0.05) is 6.07 Å². The van der Waals surface area contributed by atoms with E-state index in [9.17, 15) is 9.59 Å². The summed E-state index contributed by atoms with van der Waals surface area (Å²) in [5.41, 5.74) is 0.160. The highest BCUT2D eigenvalue weighted by Gasteiger charge is 2.23. The van der Waals surface area contributed by atoms with Gasteiger partial charge in [0.05, 0.1) is 25.4 Å². The molecule has 6 nitrogen and oxygen atoms in total. The molecule has 0 aliphatic heterocycles. The molecule has 0 heterocycles. The summed E-state index contributed by atoms with van der Waals surface area (Å²) in [6.07, 6.45) is 0.423. The lowest BCUT2D eigenvalue weighted by atomic mass is 10.1. The molecule has 0 amide bonds. The Morgan fingerprint density at radius 1 is 1.10 bits per heavy atom. The third-order valence-electron chi connectivity index (χ3n) is 2.56. The van der Waals surface area contributed by atoms with E-state index >= 15 is 0 Å². The molecule has 0 radical (unpaired) electrons. The first-order valence-corrected chi connectivity index (χ1v) is 6.86. The van der Waals surface area contributed by atoms with Crippen LogP contribution in [0, 0.1) is 0 Å². The Bertz CT molecular complexity index is 483. The summed E-state index contributed by atoms with van der Waals surface area (Å²) in [6, 6.07) is 4.67. The fourth-order valence-electron chi connectivity index (χ4n) is 1.69. The van der Waals surface area contributed by atoms with Crippen LogP contribution in [0.4, 0.5) is 0 Å². The van der Waals surface area contributed by atoms with Crippen LogP contribution in [0.1, 0.15) is 41.0 Å². The molecule has 0 unspecified atom stereocenters. The Morgan fingerprint density at radius 3 is 2.38 bits per heavy atom. The Kier molecular flexibility index (Phi) is 7.25. The molecule has 0 saturated carbocycles. The zero-order valence-electron chi connectivity index (χ0n) is 12.3. The predicted molar refractivity (Wildman–Crippen MR) is 75.6 cm³/mol. The van der Waals surface area contributed by atoms with Crippen LogP contribution in [-0.4, -0.2) is 43.5 Å². The van der Waals surface area contributed by atoms with Crippen LogP contribution < -0.4 is 4.74 Å². The summed E-state index contributed by atoms with van der Waals surface area (Å²) in [5, 5.41) is 8.77. The van der Waals surface area contributed by atoms with E-state index in [1.54, 1.807) is 26.0 Å². The van der Waals surface area contributed by atoms with Crippen LogP contribution in [-0.2, 0) is 9.47 Å². The van der Waals surface area contributed by atoms with Crippen molar-refractivity contribution < 1.29 is 28.9 Å². The average molecular weight is 296 g/mol. The fraction of sp³-hybridized carbons (Fsp3) is 0.467. The van der Waals surface area contributed by atoms with Crippen molar-refractivity contribution in [3.63, 3.8) is 0 Å². The third-order valence-corrected chi connectivity index (χ3v) is 2.56. The number of hydrogen-bond acceptors (Lipinski definition) is 6. The minimum absolute atomic E-state index is 0.0215. The highest BCUT2D eigenvalue weighted by atomic mass is 16.5. The minimum atomic E-state index is -0.639. The van der Waals surface area contributed by atoms with Gasteiger partial charge in [-0.3, -0.25) is 0 Å². The Labute approximate surface area is 123 Å². The molecular weight excluding hydrogens is 276 g/mol. The number of carbonyl (C=O) groups excluding carboxylic acids is 2. The van der Waals surface area contributed by atoms with E-state index in [2.05, 4.69) is 0 Å². The van der Waals surface area contributed by atoms with Gasteiger partial charge in [0.1, 0.15) is 11.3 Å². The van der Waals surface area contributed by atoms with Gasteiger partial charge < -0.3 is 19.3 Å². The number of aliphatic hydroxyl groups excluding tert-OH is 1. The van der Waals surface area contributed by atoms with Crippen molar-refractivity contribution in [1.29, 1.82) is 0 Å². The molecule has 1 aromatic carbocycles. The van der Waals surface area contributed by atoms with Crippen molar-refractivity contribution in [1.82, 2.24) is 0 Å². The van der Waals surface area contributed by atoms with Gasteiger partial charge in [0, 0.05) is 13.0 Å². The Hall–Kier alpha value is -2.08. The lowest BCUT2D eigenvalue weighted by Crippen LogP contribution is -2.16. The molecule has 0 spiro atoms. The molecule has 6 heteroatoms. The van der Waals surface area contributed by atoms with Gasteiger partial charge in [-0.2, -0.15) is 0 Å². The van der Waals surface area contributed by atoms with Crippen LogP contribution in [0.15, 0.2) is 18.2 Å². The van der Waals surface area contributed by atoms with E-state index in [-0.39, 0.29) is 43.3 Å². The summed E-state index contributed by atoms with van der Waals surface area (Å²) in [6.45, 7) is 3.96. The summed E-state index contributed by atoms with van der Waals surface area (Å²) in [7, 11) is 0. The van der Waals surface area contributed by atoms with E-state index in [0.29, 0.717) is 6.42 Å². The molecule has 0 aliphatic carbocycles. The summed E-state index contributed by atoms with van der Waals surface area (Å²) in [5.74, 6) is -0.999. The van der Waals surface area contributed by atoms with Gasteiger partial charge in [0.15, 0.2) is 0 Å². The highest BCUT2D eigenvalue weighted by Crippen LogP contribution is 2.24.